The minimum absolute atomic E-state index is 0.136. The molecule has 1 aromatic rings. The molecular formula is C19H28N4. The SMILES string of the molecule is CC(C)N1CCN(CC2=CNC(C)(c3ccncc3)C=C2)CC1. The van der Waals surface area contributed by atoms with Crippen molar-refractivity contribution in [2.24, 2.45) is 0 Å². The van der Waals surface area contributed by atoms with Crippen LogP contribution < -0.4 is 5.32 Å². The summed E-state index contributed by atoms with van der Waals surface area (Å²) >= 11 is 0. The molecule has 0 aromatic carbocycles. The molecule has 1 atom stereocenters. The molecule has 1 unspecified atom stereocenters. The van der Waals surface area contributed by atoms with Gasteiger partial charge in [0.2, 0.25) is 0 Å². The van der Waals surface area contributed by atoms with Gasteiger partial charge in [0, 0.05) is 57.4 Å². The van der Waals surface area contributed by atoms with Crippen LogP contribution in [-0.4, -0.2) is 53.5 Å². The predicted molar refractivity (Wildman–Crippen MR) is 95.1 cm³/mol. The molecule has 2 aliphatic heterocycles. The smallest absolute Gasteiger partial charge is 0.0780 e. The Morgan fingerprint density at radius 3 is 2.43 bits per heavy atom. The van der Waals surface area contributed by atoms with Crippen LogP contribution in [0.25, 0.3) is 0 Å². The molecule has 0 aliphatic carbocycles. The van der Waals surface area contributed by atoms with Crippen LogP contribution in [0.4, 0.5) is 0 Å². The van der Waals surface area contributed by atoms with Crippen molar-refractivity contribution in [2.75, 3.05) is 32.7 Å². The van der Waals surface area contributed by atoms with E-state index in [1.165, 1.54) is 24.2 Å². The highest BCUT2D eigenvalue weighted by molar-refractivity contribution is 5.35. The summed E-state index contributed by atoms with van der Waals surface area (Å²) in [5.74, 6) is 0. The summed E-state index contributed by atoms with van der Waals surface area (Å²) in [6.45, 7) is 12.5. The number of piperazine rings is 1. The quantitative estimate of drug-likeness (QED) is 0.925. The Kier molecular flexibility index (Phi) is 4.83. The summed E-state index contributed by atoms with van der Waals surface area (Å²) in [5, 5.41) is 3.56. The predicted octanol–water partition coefficient (Wildman–Crippen LogP) is 2.37. The summed E-state index contributed by atoms with van der Waals surface area (Å²) in [6.07, 6.45) is 10.4. The van der Waals surface area contributed by atoms with Crippen molar-refractivity contribution in [3.8, 4) is 0 Å². The number of nitrogens with one attached hydrogen (secondary N) is 1. The Bertz CT molecular complexity index is 570. The molecule has 3 rings (SSSR count). The first-order chi connectivity index (χ1) is 11.1. The zero-order valence-corrected chi connectivity index (χ0v) is 14.5. The molecule has 0 amide bonds. The standard InChI is InChI=1S/C19H28N4/c1-16(2)23-12-10-22(11-13-23)15-17-4-7-19(3,21-14-17)18-5-8-20-9-6-18/h4-9,14,16,21H,10-13,15H2,1-3H3. The van der Waals surface area contributed by atoms with E-state index in [9.17, 15) is 0 Å². The van der Waals surface area contributed by atoms with Crippen molar-refractivity contribution in [1.82, 2.24) is 20.1 Å². The Morgan fingerprint density at radius 2 is 1.87 bits per heavy atom. The number of rotatable bonds is 4. The van der Waals surface area contributed by atoms with Crippen LogP contribution >= 0.6 is 0 Å². The van der Waals surface area contributed by atoms with Gasteiger partial charge in [-0.15, -0.1) is 0 Å². The average Bonchev–Trinajstić information content (AvgIpc) is 2.58. The molecule has 3 heterocycles. The van der Waals surface area contributed by atoms with Crippen LogP contribution in [0.5, 0.6) is 0 Å². The summed E-state index contributed by atoms with van der Waals surface area (Å²) in [5.41, 5.74) is 2.46. The van der Waals surface area contributed by atoms with Gasteiger partial charge in [-0.3, -0.25) is 14.8 Å². The van der Waals surface area contributed by atoms with E-state index in [-0.39, 0.29) is 5.54 Å². The maximum Gasteiger partial charge on any atom is 0.0780 e. The average molecular weight is 312 g/mol. The number of dihydropyridines is 1. The molecule has 124 valence electrons. The van der Waals surface area contributed by atoms with Crippen LogP contribution in [0.1, 0.15) is 26.3 Å². The van der Waals surface area contributed by atoms with E-state index in [1.54, 1.807) is 0 Å². The fourth-order valence-electron chi connectivity index (χ4n) is 3.28. The highest BCUT2D eigenvalue weighted by atomic mass is 15.3. The minimum Gasteiger partial charge on any atom is -0.378 e. The summed E-state index contributed by atoms with van der Waals surface area (Å²) in [7, 11) is 0. The van der Waals surface area contributed by atoms with Crippen molar-refractivity contribution >= 4 is 0 Å². The van der Waals surface area contributed by atoms with Gasteiger partial charge in [-0.2, -0.15) is 0 Å². The fourth-order valence-corrected chi connectivity index (χ4v) is 3.28. The second-order valence-corrected chi connectivity index (χ2v) is 7.04. The van der Waals surface area contributed by atoms with Gasteiger partial charge in [0.25, 0.3) is 0 Å². The lowest BCUT2D eigenvalue weighted by Gasteiger charge is -2.38. The van der Waals surface area contributed by atoms with E-state index in [0.717, 1.165) is 19.6 Å². The van der Waals surface area contributed by atoms with Crippen molar-refractivity contribution in [3.63, 3.8) is 0 Å². The Balaban J connectivity index is 1.55. The van der Waals surface area contributed by atoms with E-state index in [0.29, 0.717) is 6.04 Å². The topological polar surface area (TPSA) is 31.4 Å². The van der Waals surface area contributed by atoms with E-state index in [1.807, 2.05) is 12.4 Å². The van der Waals surface area contributed by atoms with Crippen LogP contribution in [0.2, 0.25) is 0 Å². The zero-order valence-electron chi connectivity index (χ0n) is 14.5. The molecule has 0 saturated carbocycles. The van der Waals surface area contributed by atoms with Gasteiger partial charge >= 0.3 is 0 Å². The second-order valence-electron chi connectivity index (χ2n) is 7.04. The fraction of sp³-hybridized carbons (Fsp3) is 0.526. The van der Waals surface area contributed by atoms with Crippen LogP contribution in [-0.2, 0) is 5.54 Å². The molecule has 0 bridgehead atoms. The monoisotopic (exact) mass is 312 g/mol. The van der Waals surface area contributed by atoms with Crippen LogP contribution in [0.3, 0.4) is 0 Å². The highest BCUT2D eigenvalue weighted by Crippen LogP contribution is 2.25. The van der Waals surface area contributed by atoms with E-state index < -0.39 is 0 Å². The van der Waals surface area contributed by atoms with Gasteiger partial charge in [-0.1, -0.05) is 12.2 Å². The maximum absolute atomic E-state index is 4.10. The Morgan fingerprint density at radius 1 is 1.17 bits per heavy atom. The molecule has 4 nitrogen and oxygen atoms in total. The molecule has 0 spiro atoms. The molecular weight excluding hydrogens is 284 g/mol. The van der Waals surface area contributed by atoms with Crippen LogP contribution in [0, 0.1) is 0 Å². The number of hydrogen-bond donors (Lipinski definition) is 1. The number of pyridine rings is 1. The number of aromatic nitrogens is 1. The molecule has 4 heteroatoms. The van der Waals surface area contributed by atoms with E-state index in [4.69, 9.17) is 0 Å². The third-order valence-electron chi connectivity index (χ3n) is 5.01. The molecule has 1 saturated heterocycles. The summed E-state index contributed by atoms with van der Waals surface area (Å²) in [4.78, 5) is 9.21. The van der Waals surface area contributed by atoms with Gasteiger partial charge in [0.15, 0.2) is 0 Å². The first-order valence-electron chi connectivity index (χ1n) is 8.60. The molecule has 2 aliphatic rings. The van der Waals surface area contributed by atoms with Gasteiger partial charge in [-0.25, -0.2) is 0 Å². The number of nitrogens with zero attached hydrogens (tertiary/aromatic N) is 3. The van der Waals surface area contributed by atoms with Crippen molar-refractivity contribution in [2.45, 2.75) is 32.4 Å². The Labute approximate surface area is 139 Å². The van der Waals surface area contributed by atoms with Gasteiger partial charge in [0.05, 0.1) is 5.54 Å². The minimum atomic E-state index is -0.136. The molecule has 1 aromatic heterocycles. The van der Waals surface area contributed by atoms with Gasteiger partial charge in [-0.05, 0) is 44.0 Å². The molecule has 1 fully saturated rings. The third-order valence-corrected chi connectivity index (χ3v) is 5.01. The number of hydrogen-bond acceptors (Lipinski definition) is 4. The van der Waals surface area contributed by atoms with Crippen molar-refractivity contribution < 1.29 is 0 Å². The lowest BCUT2D eigenvalue weighted by atomic mass is 9.90. The lowest BCUT2D eigenvalue weighted by molar-refractivity contribution is 0.115. The first-order valence-corrected chi connectivity index (χ1v) is 8.60. The third kappa shape index (κ3) is 3.82. The summed E-state index contributed by atoms with van der Waals surface area (Å²) in [6, 6.07) is 4.80. The maximum atomic E-state index is 4.10. The highest BCUT2D eigenvalue weighted by Gasteiger charge is 2.25. The van der Waals surface area contributed by atoms with Gasteiger partial charge in [0.1, 0.15) is 0 Å². The van der Waals surface area contributed by atoms with E-state index >= 15 is 0 Å². The molecule has 1 N–H and O–H groups in total. The normalized spacial score (nSPS) is 26.2. The van der Waals surface area contributed by atoms with Gasteiger partial charge < -0.3 is 5.32 Å². The first kappa shape index (κ1) is 16.2. The zero-order chi connectivity index (χ0) is 16.3. The van der Waals surface area contributed by atoms with Crippen LogP contribution in [0.15, 0.2) is 48.5 Å². The second kappa shape index (κ2) is 6.85. The van der Waals surface area contributed by atoms with Crippen molar-refractivity contribution in [1.29, 1.82) is 0 Å². The molecule has 0 radical (unpaired) electrons. The summed E-state index contributed by atoms with van der Waals surface area (Å²) < 4.78 is 0. The largest absolute Gasteiger partial charge is 0.378 e. The molecule has 23 heavy (non-hydrogen) atoms. The van der Waals surface area contributed by atoms with Crippen molar-refractivity contribution in [3.05, 3.63) is 54.0 Å². The van der Waals surface area contributed by atoms with E-state index in [2.05, 4.69) is 71.4 Å². The Hall–Kier alpha value is -1.65. The lowest BCUT2D eigenvalue weighted by Crippen LogP contribution is -2.49.